The fourth-order valence-electron chi connectivity index (χ4n) is 5.35. The van der Waals surface area contributed by atoms with Crippen molar-refractivity contribution in [2.24, 2.45) is 15.2 Å². The Balaban J connectivity index is 1.57. The molecule has 4 aromatic carbocycles. The highest BCUT2D eigenvalue weighted by Crippen LogP contribution is 2.46. The van der Waals surface area contributed by atoms with Gasteiger partial charge in [-0.3, -0.25) is 10.2 Å². The van der Waals surface area contributed by atoms with Crippen molar-refractivity contribution in [3.8, 4) is 5.75 Å². The molecule has 1 heterocycles. The van der Waals surface area contributed by atoms with Crippen LogP contribution in [0.2, 0.25) is 5.02 Å². The second-order valence-electron chi connectivity index (χ2n) is 10.8. The minimum absolute atomic E-state index is 0.0171. The molecule has 1 aliphatic heterocycles. The molecule has 244 valence electrons. The zero-order valence-electron chi connectivity index (χ0n) is 25.7. The van der Waals surface area contributed by atoms with Gasteiger partial charge in [0.1, 0.15) is 5.75 Å². The van der Waals surface area contributed by atoms with Crippen molar-refractivity contribution in [2.45, 2.75) is 30.9 Å². The molecular formula is C34H32ClN9O4. The van der Waals surface area contributed by atoms with Gasteiger partial charge in [0.2, 0.25) is 5.90 Å². The molecule has 5 rings (SSSR count). The normalized spacial score (nSPS) is 16.5. The van der Waals surface area contributed by atoms with Gasteiger partial charge in [-0.1, -0.05) is 88.6 Å². The van der Waals surface area contributed by atoms with Crippen LogP contribution in [0.1, 0.15) is 34.8 Å². The van der Waals surface area contributed by atoms with E-state index in [1.165, 1.54) is 0 Å². The lowest BCUT2D eigenvalue weighted by Crippen LogP contribution is -2.54. The largest absolute Gasteiger partial charge is 0.494 e. The molecule has 1 amide bonds. The van der Waals surface area contributed by atoms with Crippen molar-refractivity contribution >= 4 is 34.8 Å². The molecule has 4 aromatic rings. The number of benzene rings is 4. The standard InChI is InChI=1S/C34H32ClN9O4/c35-28-11-4-1-8-23(28)18-19-38-42-33(46)34(22-25-9-2-5-12-29(25)40-43-36)31(27-10-3-6-13-30(27)41-44-37)48-32(39-34)24-14-16-26(17-15-24)47-21-7-20-45/h1-6,8-17,31,38,45H,7,18-22H2,(H,42,46)/t31-,34-/m0/s1. The summed E-state index contributed by atoms with van der Waals surface area (Å²) in [6.07, 6.45) is -0.0840. The minimum Gasteiger partial charge on any atom is -0.494 e. The maximum Gasteiger partial charge on any atom is 0.266 e. The second-order valence-corrected chi connectivity index (χ2v) is 11.2. The lowest BCUT2D eigenvalue weighted by atomic mass is 9.81. The molecule has 48 heavy (non-hydrogen) atoms. The third-order valence-electron chi connectivity index (χ3n) is 7.68. The first kappa shape index (κ1) is 33.8. The van der Waals surface area contributed by atoms with Gasteiger partial charge in [0.05, 0.1) is 6.61 Å². The van der Waals surface area contributed by atoms with Gasteiger partial charge in [0.15, 0.2) is 11.6 Å². The Morgan fingerprint density at radius 3 is 2.33 bits per heavy atom. The molecule has 1 aliphatic rings. The Bertz CT molecular complexity index is 1870. The topological polar surface area (TPSA) is 190 Å². The van der Waals surface area contributed by atoms with Gasteiger partial charge in [-0.25, -0.2) is 10.4 Å². The number of aliphatic hydroxyl groups is 1. The first-order valence-corrected chi connectivity index (χ1v) is 15.5. The van der Waals surface area contributed by atoms with Crippen molar-refractivity contribution in [3.63, 3.8) is 0 Å². The zero-order chi connectivity index (χ0) is 33.8. The Morgan fingerprint density at radius 2 is 1.60 bits per heavy atom. The van der Waals surface area contributed by atoms with Crippen molar-refractivity contribution < 1.29 is 19.4 Å². The molecule has 13 nitrogen and oxygen atoms in total. The van der Waals surface area contributed by atoms with E-state index in [9.17, 15) is 15.9 Å². The van der Waals surface area contributed by atoms with Crippen LogP contribution in [-0.4, -0.2) is 42.2 Å². The lowest BCUT2D eigenvalue weighted by molar-refractivity contribution is -0.130. The molecule has 0 bridgehead atoms. The van der Waals surface area contributed by atoms with Crippen molar-refractivity contribution in [3.05, 3.63) is 145 Å². The van der Waals surface area contributed by atoms with E-state index in [0.29, 0.717) is 59.1 Å². The monoisotopic (exact) mass is 665 g/mol. The van der Waals surface area contributed by atoms with Crippen LogP contribution in [0.15, 0.2) is 112 Å². The first-order chi connectivity index (χ1) is 23.5. The maximum atomic E-state index is 14.5. The van der Waals surface area contributed by atoms with Crippen LogP contribution in [0.3, 0.4) is 0 Å². The van der Waals surface area contributed by atoms with Gasteiger partial charge in [0, 0.05) is 63.3 Å². The number of nitrogens with one attached hydrogen (secondary N) is 2. The highest BCUT2D eigenvalue weighted by atomic mass is 35.5. The van der Waals surface area contributed by atoms with E-state index >= 15 is 0 Å². The average molecular weight is 666 g/mol. The summed E-state index contributed by atoms with van der Waals surface area (Å²) in [6.45, 7) is 0.724. The number of aliphatic hydroxyl groups excluding tert-OH is 1. The average Bonchev–Trinajstić information content (AvgIpc) is 3.49. The Labute approximate surface area is 281 Å². The lowest BCUT2D eigenvalue weighted by Gasteiger charge is -2.31. The van der Waals surface area contributed by atoms with E-state index in [-0.39, 0.29) is 24.6 Å². The third kappa shape index (κ3) is 7.87. The van der Waals surface area contributed by atoms with Crippen LogP contribution in [0.4, 0.5) is 11.4 Å². The zero-order valence-corrected chi connectivity index (χ0v) is 26.5. The molecule has 14 heteroatoms. The molecule has 0 fully saturated rings. The predicted molar refractivity (Wildman–Crippen MR) is 182 cm³/mol. The van der Waals surface area contributed by atoms with Crippen molar-refractivity contribution in [1.82, 2.24) is 10.9 Å². The molecule has 0 radical (unpaired) electrons. The SMILES string of the molecule is [N-]=[N+]=Nc1ccccc1C[C@]1(C(=O)NNCCc2ccccc2Cl)N=C(c2ccc(OCCCO)cc2)O[C@H]1c1ccccc1N=[N+]=[N-]. The number of ether oxygens (including phenoxy) is 2. The quantitative estimate of drug-likeness (QED) is 0.0392. The van der Waals surface area contributed by atoms with Gasteiger partial charge in [-0.2, -0.15) is 0 Å². The Kier molecular flexibility index (Phi) is 11.5. The highest BCUT2D eigenvalue weighted by Gasteiger charge is 2.54. The summed E-state index contributed by atoms with van der Waals surface area (Å²) < 4.78 is 12.2. The number of hydrazine groups is 1. The molecule has 0 saturated heterocycles. The van der Waals surface area contributed by atoms with Crippen molar-refractivity contribution in [1.29, 1.82) is 0 Å². The molecule has 2 atom stereocenters. The van der Waals surface area contributed by atoms with Crippen LogP contribution >= 0.6 is 11.6 Å². The molecule has 0 unspecified atom stereocenters. The fourth-order valence-corrected chi connectivity index (χ4v) is 5.58. The number of aliphatic imine (C=N–C) groups is 1. The van der Waals surface area contributed by atoms with Crippen LogP contribution < -0.4 is 15.6 Å². The van der Waals surface area contributed by atoms with Gasteiger partial charge in [0.25, 0.3) is 5.91 Å². The van der Waals surface area contributed by atoms with Crippen LogP contribution in [0.25, 0.3) is 20.9 Å². The van der Waals surface area contributed by atoms with E-state index in [1.54, 1.807) is 78.9 Å². The van der Waals surface area contributed by atoms with E-state index < -0.39 is 17.6 Å². The van der Waals surface area contributed by atoms with Gasteiger partial charge >= 0.3 is 0 Å². The maximum absolute atomic E-state index is 14.5. The van der Waals surface area contributed by atoms with E-state index in [4.69, 9.17) is 31.2 Å². The smallest absolute Gasteiger partial charge is 0.266 e. The number of amides is 1. The summed E-state index contributed by atoms with van der Waals surface area (Å²) >= 11 is 6.33. The summed E-state index contributed by atoms with van der Waals surface area (Å²) in [7, 11) is 0. The molecule has 3 N–H and O–H groups in total. The summed E-state index contributed by atoms with van der Waals surface area (Å²) in [4.78, 5) is 25.5. The number of carbonyl (C=O) groups excluding carboxylic acids is 1. The molecule has 0 spiro atoms. The van der Waals surface area contributed by atoms with E-state index in [0.717, 1.165) is 5.56 Å². The third-order valence-corrected chi connectivity index (χ3v) is 8.05. The Hall–Kier alpha value is -5.55. The second kappa shape index (κ2) is 16.3. The van der Waals surface area contributed by atoms with Gasteiger partial charge in [-0.15, -0.1) is 0 Å². The number of halogens is 1. The van der Waals surface area contributed by atoms with Crippen LogP contribution in [-0.2, 0) is 22.4 Å². The molecule has 0 aliphatic carbocycles. The first-order valence-electron chi connectivity index (χ1n) is 15.1. The number of carbonyl (C=O) groups is 1. The van der Waals surface area contributed by atoms with Gasteiger partial charge < -0.3 is 14.6 Å². The fraction of sp³-hybridized carbons (Fsp3) is 0.235. The number of nitrogens with zero attached hydrogens (tertiary/aromatic N) is 7. The number of hydrogen-bond donors (Lipinski definition) is 3. The van der Waals surface area contributed by atoms with Crippen LogP contribution in [0, 0.1) is 0 Å². The summed E-state index contributed by atoms with van der Waals surface area (Å²) in [5.41, 5.74) is 25.9. The van der Waals surface area contributed by atoms with Crippen LogP contribution in [0.5, 0.6) is 5.75 Å². The Morgan fingerprint density at radius 1 is 0.938 bits per heavy atom. The summed E-state index contributed by atoms with van der Waals surface area (Å²) in [5.74, 6) is 0.230. The molecular weight excluding hydrogens is 634 g/mol. The van der Waals surface area contributed by atoms with E-state index in [1.807, 2.05) is 18.2 Å². The summed E-state index contributed by atoms with van der Waals surface area (Å²) in [6, 6.07) is 28.2. The van der Waals surface area contributed by atoms with Crippen molar-refractivity contribution in [2.75, 3.05) is 19.8 Å². The van der Waals surface area contributed by atoms with Gasteiger partial charge in [-0.05, 0) is 58.9 Å². The van der Waals surface area contributed by atoms with E-state index in [2.05, 4.69) is 30.9 Å². The highest BCUT2D eigenvalue weighted by molar-refractivity contribution is 6.31. The molecule has 0 saturated carbocycles. The minimum atomic E-state index is -1.68. The number of azide groups is 2. The number of rotatable bonds is 15. The molecule has 0 aromatic heterocycles. The predicted octanol–water partition coefficient (Wildman–Crippen LogP) is 7.35. The summed E-state index contributed by atoms with van der Waals surface area (Å²) in [5, 5.41) is 17.4. The number of hydrogen-bond acceptors (Lipinski definition) is 8.